The fourth-order valence-electron chi connectivity index (χ4n) is 2.61. The van der Waals surface area contributed by atoms with Gasteiger partial charge in [0.15, 0.2) is 0 Å². The largest absolute Gasteiger partial charge is 0.389 e. The standard InChI is InChI=1S/C13H16F4N2/c14-10-2-1-3-12(5-10)19-7-9(4-11(18)8-19)6-13(15,16)17/h1-3,5,9,11H,4,6-8,18H2. The first-order chi connectivity index (χ1) is 8.83. The molecular weight excluding hydrogens is 260 g/mol. The van der Waals surface area contributed by atoms with Crippen molar-refractivity contribution >= 4 is 5.69 Å². The lowest BCUT2D eigenvalue weighted by atomic mass is 9.91. The van der Waals surface area contributed by atoms with Gasteiger partial charge in [-0.15, -0.1) is 0 Å². The molecule has 0 aliphatic carbocycles. The van der Waals surface area contributed by atoms with Crippen molar-refractivity contribution in [2.24, 2.45) is 11.7 Å². The van der Waals surface area contributed by atoms with E-state index in [-0.39, 0.29) is 12.6 Å². The Hall–Kier alpha value is -1.30. The molecule has 1 heterocycles. The molecule has 2 rings (SSSR count). The van der Waals surface area contributed by atoms with Gasteiger partial charge in [-0.1, -0.05) is 6.07 Å². The van der Waals surface area contributed by atoms with Gasteiger partial charge >= 0.3 is 6.18 Å². The maximum atomic E-state index is 13.1. The van der Waals surface area contributed by atoms with Crippen molar-refractivity contribution < 1.29 is 17.6 Å². The Kier molecular flexibility index (Phi) is 3.99. The van der Waals surface area contributed by atoms with Gasteiger partial charge in [-0.2, -0.15) is 13.2 Å². The third kappa shape index (κ3) is 4.09. The second-order valence-corrected chi connectivity index (χ2v) is 5.07. The van der Waals surface area contributed by atoms with Crippen LogP contribution < -0.4 is 10.6 Å². The van der Waals surface area contributed by atoms with Crippen molar-refractivity contribution in [2.45, 2.75) is 25.1 Å². The van der Waals surface area contributed by atoms with Crippen molar-refractivity contribution in [3.63, 3.8) is 0 Å². The van der Waals surface area contributed by atoms with E-state index in [2.05, 4.69) is 0 Å². The van der Waals surface area contributed by atoms with Crippen LogP contribution >= 0.6 is 0 Å². The first-order valence-electron chi connectivity index (χ1n) is 6.16. The number of hydrogen-bond donors (Lipinski definition) is 1. The number of alkyl halides is 3. The molecule has 6 heteroatoms. The Morgan fingerprint density at radius 3 is 2.63 bits per heavy atom. The molecule has 0 amide bonds. The average molecular weight is 276 g/mol. The summed E-state index contributed by atoms with van der Waals surface area (Å²) in [6.07, 6.45) is -4.67. The van der Waals surface area contributed by atoms with Crippen LogP contribution in [0.3, 0.4) is 0 Å². The van der Waals surface area contributed by atoms with E-state index in [0.29, 0.717) is 18.7 Å². The molecule has 2 nitrogen and oxygen atoms in total. The van der Waals surface area contributed by atoms with Gasteiger partial charge < -0.3 is 10.6 Å². The van der Waals surface area contributed by atoms with Gasteiger partial charge in [-0.05, 0) is 30.5 Å². The number of hydrogen-bond acceptors (Lipinski definition) is 2. The Bertz CT molecular complexity index is 433. The van der Waals surface area contributed by atoms with Gasteiger partial charge in [0.1, 0.15) is 5.82 Å². The molecule has 1 fully saturated rings. The van der Waals surface area contributed by atoms with Crippen LogP contribution in [0.5, 0.6) is 0 Å². The zero-order valence-corrected chi connectivity index (χ0v) is 10.3. The van der Waals surface area contributed by atoms with Crippen LogP contribution in [0.15, 0.2) is 24.3 Å². The number of benzene rings is 1. The maximum absolute atomic E-state index is 13.1. The predicted octanol–water partition coefficient (Wildman–Crippen LogP) is 2.93. The van der Waals surface area contributed by atoms with Crippen molar-refractivity contribution in [1.82, 2.24) is 0 Å². The summed E-state index contributed by atoms with van der Waals surface area (Å²) in [4.78, 5) is 1.73. The Labute approximate surface area is 109 Å². The summed E-state index contributed by atoms with van der Waals surface area (Å²) < 4.78 is 50.5. The highest BCUT2D eigenvalue weighted by Gasteiger charge is 2.35. The van der Waals surface area contributed by atoms with Crippen molar-refractivity contribution in [3.8, 4) is 0 Å². The van der Waals surface area contributed by atoms with Crippen LogP contribution in [0.2, 0.25) is 0 Å². The minimum Gasteiger partial charge on any atom is -0.370 e. The van der Waals surface area contributed by atoms with Crippen LogP contribution in [0.25, 0.3) is 0 Å². The van der Waals surface area contributed by atoms with E-state index in [1.807, 2.05) is 0 Å². The number of anilines is 1. The molecule has 2 atom stereocenters. The van der Waals surface area contributed by atoms with E-state index >= 15 is 0 Å². The fourth-order valence-corrected chi connectivity index (χ4v) is 2.61. The zero-order chi connectivity index (χ0) is 14.0. The number of piperidine rings is 1. The van der Waals surface area contributed by atoms with Crippen LogP contribution in [0, 0.1) is 11.7 Å². The summed E-state index contributed by atoms with van der Waals surface area (Å²) in [7, 11) is 0. The number of nitrogens with two attached hydrogens (primary N) is 1. The topological polar surface area (TPSA) is 29.3 Å². The second-order valence-electron chi connectivity index (χ2n) is 5.07. The van der Waals surface area contributed by atoms with Crippen LogP contribution in [-0.2, 0) is 0 Å². The van der Waals surface area contributed by atoms with E-state index in [4.69, 9.17) is 5.73 Å². The highest BCUT2D eigenvalue weighted by Crippen LogP contribution is 2.31. The third-order valence-corrected chi connectivity index (χ3v) is 3.26. The molecule has 2 unspecified atom stereocenters. The molecule has 19 heavy (non-hydrogen) atoms. The summed E-state index contributed by atoms with van der Waals surface area (Å²) in [6, 6.07) is 5.54. The quantitative estimate of drug-likeness (QED) is 0.842. The molecule has 1 saturated heterocycles. The van der Waals surface area contributed by atoms with E-state index in [0.717, 1.165) is 0 Å². The molecule has 1 aromatic carbocycles. The Morgan fingerprint density at radius 2 is 2.00 bits per heavy atom. The van der Waals surface area contributed by atoms with E-state index in [1.54, 1.807) is 17.0 Å². The third-order valence-electron chi connectivity index (χ3n) is 3.26. The molecule has 0 radical (unpaired) electrons. The molecule has 106 valence electrons. The van der Waals surface area contributed by atoms with Gasteiger partial charge in [0.25, 0.3) is 0 Å². The minimum absolute atomic E-state index is 0.261. The summed E-state index contributed by atoms with van der Waals surface area (Å²) in [5.74, 6) is -0.934. The molecule has 2 N–H and O–H groups in total. The van der Waals surface area contributed by atoms with Gasteiger partial charge in [0, 0.05) is 31.2 Å². The summed E-state index contributed by atoms with van der Waals surface area (Å²) in [5, 5.41) is 0. The SMILES string of the molecule is NC1CC(CC(F)(F)F)CN(c2cccc(F)c2)C1. The van der Waals surface area contributed by atoms with Gasteiger partial charge in [0.2, 0.25) is 0 Å². The molecule has 0 spiro atoms. The van der Waals surface area contributed by atoms with E-state index in [9.17, 15) is 17.6 Å². The summed E-state index contributed by atoms with van der Waals surface area (Å²) in [6.45, 7) is 0.717. The van der Waals surface area contributed by atoms with Gasteiger partial charge in [0.05, 0.1) is 0 Å². The van der Waals surface area contributed by atoms with E-state index in [1.165, 1.54) is 12.1 Å². The van der Waals surface area contributed by atoms with Crippen LogP contribution in [-0.4, -0.2) is 25.3 Å². The predicted molar refractivity (Wildman–Crippen MR) is 65.4 cm³/mol. The lowest BCUT2D eigenvalue weighted by Gasteiger charge is -2.38. The van der Waals surface area contributed by atoms with Gasteiger partial charge in [-0.25, -0.2) is 4.39 Å². The zero-order valence-electron chi connectivity index (χ0n) is 10.3. The molecule has 0 saturated carbocycles. The van der Waals surface area contributed by atoms with Crippen molar-refractivity contribution in [3.05, 3.63) is 30.1 Å². The number of rotatable bonds is 2. The molecule has 0 bridgehead atoms. The minimum atomic E-state index is -4.19. The monoisotopic (exact) mass is 276 g/mol. The van der Waals surface area contributed by atoms with Gasteiger partial charge in [-0.3, -0.25) is 0 Å². The van der Waals surface area contributed by atoms with Crippen LogP contribution in [0.1, 0.15) is 12.8 Å². The average Bonchev–Trinajstić information content (AvgIpc) is 2.25. The summed E-state index contributed by atoms with van der Waals surface area (Å²) >= 11 is 0. The summed E-state index contributed by atoms with van der Waals surface area (Å²) in [5.41, 5.74) is 6.39. The second kappa shape index (κ2) is 5.36. The number of nitrogens with zero attached hydrogens (tertiary/aromatic N) is 1. The highest BCUT2D eigenvalue weighted by atomic mass is 19.4. The van der Waals surface area contributed by atoms with Crippen LogP contribution in [0.4, 0.5) is 23.2 Å². The number of halogens is 4. The Morgan fingerprint density at radius 1 is 1.26 bits per heavy atom. The van der Waals surface area contributed by atoms with Crippen molar-refractivity contribution in [1.29, 1.82) is 0 Å². The van der Waals surface area contributed by atoms with E-state index < -0.39 is 24.3 Å². The fraction of sp³-hybridized carbons (Fsp3) is 0.538. The highest BCUT2D eigenvalue weighted by molar-refractivity contribution is 5.47. The molecule has 1 aliphatic heterocycles. The molecular formula is C13H16F4N2. The maximum Gasteiger partial charge on any atom is 0.389 e. The lowest BCUT2D eigenvalue weighted by Crippen LogP contribution is -2.48. The normalized spacial score (nSPS) is 24.6. The first kappa shape index (κ1) is 14.1. The van der Waals surface area contributed by atoms with Crippen molar-refractivity contribution in [2.75, 3.05) is 18.0 Å². The lowest BCUT2D eigenvalue weighted by molar-refractivity contribution is -0.145. The smallest absolute Gasteiger partial charge is 0.370 e. The Balaban J connectivity index is 2.09. The molecule has 1 aromatic rings. The molecule has 0 aromatic heterocycles. The molecule has 1 aliphatic rings. The first-order valence-corrected chi connectivity index (χ1v) is 6.16.